The van der Waals surface area contributed by atoms with E-state index in [1.54, 1.807) is 0 Å². The molecule has 1 saturated carbocycles. The molecular formula is C26H23F3. The van der Waals surface area contributed by atoms with Crippen molar-refractivity contribution in [3.8, 4) is 11.8 Å². The lowest BCUT2D eigenvalue weighted by Crippen LogP contribution is -2.37. The number of hydrogen-bond donors (Lipinski definition) is 0. The third-order valence-electron chi connectivity index (χ3n) is 6.29. The van der Waals surface area contributed by atoms with Gasteiger partial charge in [0.05, 0.1) is 11.0 Å². The Bertz CT molecular complexity index is 1100. The Morgan fingerprint density at radius 3 is 2.55 bits per heavy atom. The predicted octanol–water partition coefficient (Wildman–Crippen LogP) is 7.15. The van der Waals surface area contributed by atoms with Gasteiger partial charge < -0.3 is 0 Å². The monoisotopic (exact) mass is 392 g/mol. The zero-order valence-electron chi connectivity index (χ0n) is 16.4. The Morgan fingerprint density at radius 2 is 1.72 bits per heavy atom. The molecule has 1 aliphatic carbocycles. The van der Waals surface area contributed by atoms with Gasteiger partial charge in [-0.15, -0.1) is 0 Å². The topological polar surface area (TPSA) is 0 Å². The second kappa shape index (κ2) is 7.95. The second-order valence-corrected chi connectivity index (χ2v) is 7.82. The molecule has 0 saturated heterocycles. The highest BCUT2D eigenvalue weighted by Crippen LogP contribution is 2.47. The third kappa shape index (κ3) is 3.42. The molecule has 29 heavy (non-hydrogen) atoms. The van der Waals surface area contributed by atoms with Crippen LogP contribution in [0.4, 0.5) is 13.2 Å². The van der Waals surface area contributed by atoms with E-state index in [4.69, 9.17) is 0 Å². The van der Waals surface area contributed by atoms with E-state index in [0.29, 0.717) is 5.92 Å². The molecule has 0 nitrogen and oxygen atoms in total. The molecular weight excluding hydrogens is 369 g/mol. The number of hydrogen-bond acceptors (Lipinski definition) is 0. The zero-order valence-corrected chi connectivity index (χ0v) is 16.4. The van der Waals surface area contributed by atoms with E-state index in [2.05, 4.69) is 43.0 Å². The van der Waals surface area contributed by atoms with Crippen LogP contribution in [0.15, 0.2) is 54.6 Å². The molecule has 1 aliphatic rings. The molecule has 0 radical (unpaired) electrons. The lowest BCUT2D eigenvalue weighted by Gasteiger charge is -2.41. The molecule has 3 heteroatoms. The maximum absolute atomic E-state index is 14.3. The van der Waals surface area contributed by atoms with Gasteiger partial charge in [-0.05, 0) is 47.2 Å². The largest absolute Gasteiger partial charge is 0.204 e. The van der Waals surface area contributed by atoms with Gasteiger partial charge in [-0.1, -0.05) is 80.5 Å². The van der Waals surface area contributed by atoms with Gasteiger partial charge in [0.2, 0.25) is 0 Å². The van der Waals surface area contributed by atoms with Crippen LogP contribution in [0.2, 0.25) is 0 Å². The van der Waals surface area contributed by atoms with Crippen molar-refractivity contribution in [2.24, 2.45) is 5.92 Å². The van der Waals surface area contributed by atoms with E-state index < -0.39 is 22.9 Å². The van der Waals surface area contributed by atoms with E-state index in [9.17, 15) is 13.2 Å². The van der Waals surface area contributed by atoms with Crippen LogP contribution < -0.4 is 0 Å². The minimum absolute atomic E-state index is 0.0936. The Kier molecular flexibility index (Phi) is 5.37. The average Bonchev–Trinajstić information content (AvgIpc) is 2.76. The predicted molar refractivity (Wildman–Crippen MR) is 111 cm³/mol. The summed E-state index contributed by atoms with van der Waals surface area (Å²) in [5, 5.41) is 2.29. The summed E-state index contributed by atoms with van der Waals surface area (Å²) in [6, 6.07) is 16.6. The summed E-state index contributed by atoms with van der Waals surface area (Å²) in [7, 11) is 0. The smallest absolute Gasteiger partial charge is 0.195 e. The molecule has 1 fully saturated rings. The first-order valence-electron chi connectivity index (χ1n) is 10.2. The van der Waals surface area contributed by atoms with E-state index in [1.807, 2.05) is 18.2 Å². The maximum atomic E-state index is 14.3. The van der Waals surface area contributed by atoms with Crippen molar-refractivity contribution in [1.82, 2.24) is 0 Å². The van der Waals surface area contributed by atoms with Crippen LogP contribution in [0.25, 0.3) is 10.8 Å². The quantitative estimate of drug-likeness (QED) is 0.321. The summed E-state index contributed by atoms with van der Waals surface area (Å²) < 4.78 is 41.3. The Balaban J connectivity index is 1.93. The van der Waals surface area contributed by atoms with Gasteiger partial charge in [0.1, 0.15) is 0 Å². The first-order valence-corrected chi connectivity index (χ1v) is 10.2. The summed E-state index contributed by atoms with van der Waals surface area (Å²) in [4.78, 5) is 0. The minimum atomic E-state index is -1.47. The molecule has 0 aliphatic heterocycles. The molecule has 3 aromatic rings. The highest BCUT2D eigenvalue weighted by molar-refractivity contribution is 5.87. The summed E-state index contributed by atoms with van der Waals surface area (Å²) >= 11 is 0. The van der Waals surface area contributed by atoms with Gasteiger partial charge in [-0.2, -0.15) is 0 Å². The fourth-order valence-corrected chi connectivity index (χ4v) is 4.80. The van der Waals surface area contributed by atoms with Gasteiger partial charge >= 0.3 is 0 Å². The number of fused-ring (bicyclic) bond motifs is 1. The van der Waals surface area contributed by atoms with E-state index in [-0.39, 0.29) is 5.56 Å². The number of rotatable bonds is 2. The van der Waals surface area contributed by atoms with Gasteiger partial charge in [0.25, 0.3) is 0 Å². The van der Waals surface area contributed by atoms with Gasteiger partial charge in [0.15, 0.2) is 17.5 Å². The molecule has 0 spiro atoms. The molecule has 2 atom stereocenters. The standard InChI is InChI=1S/C26H23F3/c1-2-20-10-5-6-16-26(20,17-15-19-13-14-23(27)25(29)24(19)28)22-12-7-9-18-8-3-4-11-21(18)22/h3-4,7-9,11-14,20H,2,5-6,10,16H2,1H3. The molecule has 0 bridgehead atoms. The third-order valence-corrected chi connectivity index (χ3v) is 6.29. The second-order valence-electron chi connectivity index (χ2n) is 7.82. The highest BCUT2D eigenvalue weighted by atomic mass is 19.2. The highest BCUT2D eigenvalue weighted by Gasteiger charge is 2.41. The lowest BCUT2D eigenvalue weighted by atomic mass is 9.61. The van der Waals surface area contributed by atoms with Crippen molar-refractivity contribution in [2.75, 3.05) is 0 Å². The van der Waals surface area contributed by atoms with E-state index in [1.165, 1.54) is 6.07 Å². The zero-order chi connectivity index (χ0) is 20.4. The average molecular weight is 392 g/mol. The van der Waals surface area contributed by atoms with Gasteiger partial charge in [0, 0.05) is 0 Å². The van der Waals surface area contributed by atoms with Crippen LogP contribution in [0.3, 0.4) is 0 Å². The SMILES string of the molecule is CCC1CCCCC1(C#Cc1ccc(F)c(F)c1F)c1cccc2ccccc12. The Hall–Kier alpha value is -2.73. The molecule has 148 valence electrons. The Morgan fingerprint density at radius 1 is 0.931 bits per heavy atom. The number of halogens is 3. The normalized spacial score (nSPS) is 21.6. The van der Waals surface area contributed by atoms with Crippen LogP contribution in [0.5, 0.6) is 0 Å². The van der Waals surface area contributed by atoms with Gasteiger partial charge in [-0.25, -0.2) is 13.2 Å². The molecule has 0 heterocycles. The van der Waals surface area contributed by atoms with Crippen molar-refractivity contribution in [2.45, 2.75) is 44.4 Å². The lowest BCUT2D eigenvalue weighted by molar-refractivity contribution is 0.238. The molecule has 2 unspecified atom stereocenters. The van der Waals surface area contributed by atoms with Crippen LogP contribution in [-0.4, -0.2) is 0 Å². The molecule has 0 amide bonds. The van der Waals surface area contributed by atoms with Crippen molar-refractivity contribution < 1.29 is 13.2 Å². The number of benzene rings is 3. The first-order chi connectivity index (χ1) is 14.1. The molecule has 0 N–H and O–H groups in total. The molecule has 3 aromatic carbocycles. The van der Waals surface area contributed by atoms with Crippen LogP contribution in [0.1, 0.15) is 50.2 Å². The summed E-state index contributed by atoms with van der Waals surface area (Å²) in [5.41, 5.74) is 0.618. The van der Waals surface area contributed by atoms with Crippen molar-refractivity contribution in [3.05, 3.63) is 83.2 Å². The Labute approximate surface area is 169 Å². The summed E-state index contributed by atoms with van der Waals surface area (Å²) in [6.07, 6.45) is 5.06. The fraction of sp³-hybridized carbons (Fsp3) is 0.308. The van der Waals surface area contributed by atoms with Crippen LogP contribution in [-0.2, 0) is 5.41 Å². The molecule has 0 aromatic heterocycles. The van der Waals surface area contributed by atoms with Crippen molar-refractivity contribution in [1.29, 1.82) is 0 Å². The van der Waals surface area contributed by atoms with E-state index in [0.717, 1.165) is 54.5 Å². The van der Waals surface area contributed by atoms with Crippen molar-refractivity contribution in [3.63, 3.8) is 0 Å². The van der Waals surface area contributed by atoms with E-state index >= 15 is 0 Å². The minimum Gasteiger partial charge on any atom is -0.204 e. The fourth-order valence-electron chi connectivity index (χ4n) is 4.80. The summed E-state index contributed by atoms with van der Waals surface area (Å²) in [5.74, 6) is 2.71. The maximum Gasteiger partial charge on any atom is 0.195 e. The van der Waals surface area contributed by atoms with Gasteiger partial charge in [-0.3, -0.25) is 0 Å². The summed E-state index contributed by atoms with van der Waals surface area (Å²) in [6.45, 7) is 2.16. The first kappa shape index (κ1) is 19.6. The van der Waals surface area contributed by atoms with Crippen molar-refractivity contribution >= 4 is 10.8 Å². The van der Waals surface area contributed by atoms with Crippen LogP contribution >= 0.6 is 0 Å². The molecule has 4 rings (SSSR count). The van der Waals surface area contributed by atoms with Crippen LogP contribution in [0, 0.1) is 35.2 Å².